The number of aliphatic imine (C=N–C) groups is 2. The van der Waals surface area contributed by atoms with Crippen molar-refractivity contribution in [3.63, 3.8) is 0 Å². The first-order valence-electron chi connectivity index (χ1n) is 13.5. The van der Waals surface area contributed by atoms with Crippen LogP contribution in [0, 0.1) is 14.9 Å². The number of aromatic nitrogens is 1. The summed E-state index contributed by atoms with van der Waals surface area (Å²) in [5.74, 6) is 1.68. The molecule has 1 aromatic heterocycles. The van der Waals surface area contributed by atoms with Crippen molar-refractivity contribution in [2.24, 2.45) is 17.0 Å². The van der Waals surface area contributed by atoms with E-state index in [0.29, 0.717) is 23.7 Å². The van der Waals surface area contributed by atoms with Crippen LogP contribution in [0.25, 0.3) is 0 Å². The summed E-state index contributed by atoms with van der Waals surface area (Å²) in [6.07, 6.45) is 0. The van der Waals surface area contributed by atoms with Gasteiger partial charge in [0, 0.05) is 7.05 Å². The molecule has 0 aliphatic heterocycles. The molecule has 1 heterocycles. The molecule has 0 aliphatic rings. The molecule has 0 N–H and O–H groups in total. The molecular formula is C35H51FeN3. The van der Waals surface area contributed by atoms with Crippen LogP contribution in [0.1, 0.15) is 127 Å². The van der Waals surface area contributed by atoms with Gasteiger partial charge in [-0.2, -0.15) is 0 Å². The molecule has 4 heteroatoms. The van der Waals surface area contributed by atoms with Crippen molar-refractivity contribution >= 4 is 22.8 Å². The summed E-state index contributed by atoms with van der Waals surface area (Å²) in [6.45, 7) is 22.2. The van der Waals surface area contributed by atoms with Crippen LogP contribution in [-0.2, 0) is 24.1 Å². The van der Waals surface area contributed by atoms with Crippen LogP contribution >= 0.6 is 0 Å². The van der Waals surface area contributed by atoms with E-state index in [1.807, 2.05) is 0 Å². The van der Waals surface area contributed by atoms with Crippen molar-refractivity contribution < 1.29 is 17.1 Å². The Morgan fingerprint density at radius 1 is 0.538 bits per heavy atom. The molecule has 214 valence electrons. The van der Waals surface area contributed by atoms with Crippen LogP contribution in [0.3, 0.4) is 0 Å². The number of rotatable bonds is 8. The SMILES string of the molecule is CC(=Nc1c(C(C)C)cccc1C(C)C)c1ccc(C(C)=Nc2c(C(C)C)cccc2C(C)C)n1C.[CH3-].[CH3-].[Fe+2]. The number of benzene rings is 2. The van der Waals surface area contributed by atoms with Crippen LogP contribution in [0.2, 0.25) is 0 Å². The van der Waals surface area contributed by atoms with Gasteiger partial charge in [0.15, 0.2) is 0 Å². The van der Waals surface area contributed by atoms with E-state index < -0.39 is 0 Å². The normalized spacial score (nSPS) is 12.1. The van der Waals surface area contributed by atoms with Crippen LogP contribution in [0.4, 0.5) is 11.4 Å². The molecule has 3 rings (SSSR count). The van der Waals surface area contributed by atoms with Crippen LogP contribution in [-0.4, -0.2) is 16.0 Å². The average molecular weight is 570 g/mol. The van der Waals surface area contributed by atoms with Gasteiger partial charge < -0.3 is 19.4 Å². The van der Waals surface area contributed by atoms with E-state index in [0.717, 1.165) is 34.2 Å². The largest absolute Gasteiger partial charge is 2.00 e. The molecule has 3 nitrogen and oxygen atoms in total. The third kappa shape index (κ3) is 8.05. The van der Waals surface area contributed by atoms with E-state index in [-0.39, 0.29) is 31.9 Å². The van der Waals surface area contributed by atoms with E-state index in [1.165, 1.54) is 22.3 Å². The van der Waals surface area contributed by atoms with Crippen molar-refractivity contribution in [2.45, 2.75) is 92.9 Å². The fourth-order valence-corrected chi connectivity index (χ4v) is 4.97. The summed E-state index contributed by atoms with van der Waals surface area (Å²) in [4.78, 5) is 10.4. The minimum Gasteiger partial charge on any atom is -0.358 e. The third-order valence-electron chi connectivity index (χ3n) is 7.11. The Kier molecular flexibility index (Phi) is 14.4. The second-order valence-electron chi connectivity index (χ2n) is 11.2. The van der Waals surface area contributed by atoms with E-state index in [1.54, 1.807) is 0 Å². The maximum absolute atomic E-state index is 5.22. The Bertz CT molecular complexity index is 1120. The minimum atomic E-state index is 0. The molecule has 0 fully saturated rings. The molecule has 0 amide bonds. The predicted octanol–water partition coefficient (Wildman–Crippen LogP) is 10.7. The molecule has 0 saturated heterocycles. The van der Waals surface area contributed by atoms with Gasteiger partial charge in [0.2, 0.25) is 0 Å². The smallest absolute Gasteiger partial charge is 0.358 e. The van der Waals surface area contributed by atoms with Crippen molar-refractivity contribution in [1.82, 2.24) is 4.57 Å². The van der Waals surface area contributed by atoms with Gasteiger partial charge in [-0.3, -0.25) is 9.98 Å². The topological polar surface area (TPSA) is 29.6 Å². The van der Waals surface area contributed by atoms with Crippen molar-refractivity contribution in [3.05, 3.63) is 97.0 Å². The van der Waals surface area contributed by atoms with Gasteiger partial charge >= 0.3 is 17.1 Å². The molecule has 39 heavy (non-hydrogen) atoms. The monoisotopic (exact) mass is 569 g/mol. The number of para-hydroxylation sites is 2. The third-order valence-corrected chi connectivity index (χ3v) is 7.11. The predicted molar refractivity (Wildman–Crippen MR) is 171 cm³/mol. The maximum atomic E-state index is 5.22. The Hall–Kier alpha value is -2.42. The van der Waals surface area contributed by atoms with Crippen molar-refractivity contribution in [2.75, 3.05) is 0 Å². The molecule has 0 spiro atoms. The van der Waals surface area contributed by atoms with Gasteiger partial charge in [0.1, 0.15) is 0 Å². The Labute approximate surface area is 250 Å². The van der Waals surface area contributed by atoms with Crippen LogP contribution < -0.4 is 0 Å². The molecular weight excluding hydrogens is 518 g/mol. The summed E-state index contributed by atoms with van der Waals surface area (Å²) < 4.78 is 2.23. The number of nitrogens with zero attached hydrogens (tertiary/aromatic N) is 3. The van der Waals surface area contributed by atoms with Gasteiger partial charge in [-0.15, -0.1) is 0 Å². The molecule has 0 atom stereocenters. The van der Waals surface area contributed by atoms with Crippen molar-refractivity contribution in [1.29, 1.82) is 0 Å². The van der Waals surface area contributed by atoms with E-state index in [9.17, 15) is 0 Å². The fraction of sp³-hybridized carbons (Fsp3) is 0.429. The molecule has 0 aliphatic carbocycles. The van der Waals surface area contributed by atoms with Crippen LogP contribution in [0.15, 0.2) is 58.5 Å². The molecule has 2 aromatic carbocycles. The maximum Gasteiger partial charge on any atom is 2.00 e. The minimum absolute atomic E-state index is 0. The zero-order chi connectivity index (χ0) is 26.7. The second kappa shape index (κ2) is 15.4. The molecule has 0 radical (unpaired) electrons. The summed E-state index contributed by atoms with van der Waals surface area (Å²) >= 11 is 0. The number of hydrogen-bond acceptors (Lipinski definition) is 2. The first-order chi connectivity index (χ1) is 16.9. The molecule has 3 aromatic rings. The molecule has 0 unspecified atom stereocenters. The van der Waals surface area contributed by atoms with E-state index >= 15 is 0 Å². The first-order valence-corrected chi connectivity index (χ1v) is 13.5. The summed E-state index contributed by atoms with van der Waals surface area (Å²) in [7, 11) is 2.12. The van der Waals surface area contributed by atoms with Crippen molar-refractivity contribution in [3.8, 4) is 0 Å². The Morgan fingerprint density at radius 2 is 0.795 bits per heavy atom. The van der Waals surface area contributed by atoms with Crippen LogP contribution in [0.5, 0.6) is 0 Å². The first kappa shape index (κ1) is 36.6. The Balaban J connectivity index is 0.00000481. The van der Waals surface area contributed by atoms with Gasteiger partial charge in [-0.1, -0.05) is 91.8 Å². The van der Waals surface area contributed by atoms with E-state index in [2.05, 4.69) is 129 Å². The zero-order valence-corrected chi connectivity index (χ0v) is 27.7. The standard InChI is InChI=1S/C33H45N3.2CH3.Fe/c1-20(2)26-14-12-15-27(21(3)4)32(26)34-24(9)30-18-19-31(36(30)11)25(10)35-33-28(22(5)6)16-13-17-29(33)23(7)8;;;/h12-23H,1-11H3;2*1H3;/q;2*-1;+2. The van der Waals surface area contributed by atoms with Gasteiger partial charge in [0.05, 0.1) is 34.2 Å². The van der Waals surface area contributed by atoms with Gasteiger partial charge in [0.25, 0.3) is 0 Å². The average Bonchev–Trinajstić information content (AvgIpc) is 3.20. The van der Waals surface area contributed by atoms with Gasteiger partial charge in [-0.05, 0) is 71.9 Å². The quantitative estimate of drug-likeness (QED) is 0.147. The Morgan fingerprint density at radius 3 is 1.03 bits per heavy atom. The molecule has 0 saturated carbocycles. The summed E-state index contributed by atoms with van der Waals surface area (Å²) in [5.41, 5.74) is 11.8. The zero-order valence-electron chi connectivity index (χ0n) is 26.6. The van der Waals surface area contributed by atoms with E-state index in [4.69, 9.17) is 9.98 Å². The summed E-state index contributed by atoms with van der Waals surface area (Å²) in [6, 6.07) is 17.6. The fourth-order valence-electron chi connectivity index (χ4n) is 4.97. The van der Waals surface area contributed by atoms with Gasteiger partial charge in [-0.25, -0.2) is 0 Å². The molecule has 0 bridgehead atoms. The number of hydrogen-bond donors (Lipinski definition) is 0. The summed E-state index contributed by atoms with van der Waals surface area (Å²) in [5, 5.41) is 0. The second-order valence-corrected chi connectivity index (χ2v) is 11.2.